The van der Waals surface area contributed by atoms with Crippen LogP contribution in [0.2, 0.25) is 0 Å². The molecule has 0 radical (unpaired) electrons. The quantitative estimate of drug-likeness (QED) is 0.842. The lowest BCUT2D eigenvalue weighted by Crippen LogP contribution is -2.26. The molecule has 0 bridgehead atoms. The molecule has 0 unspecified atom stereocenters. The lowest BCUT2D eigenvalue weighted by atomic mass is 9.98. The number of carbonyl (C=O) groups is 1. The molecule has 2 rings (SSSR count). The minimum Gasteiger partial charge on any atom is -0.360 e. The number of nitrogens with one attached hydrogen (secondary N) is 1. The molecule has 0 aromatic carbocycles. The topological polar surface area (TPSA) is 58.1 Å². The molecule has 1 aromatic heterocycles. The highest BCUT2D eigenvalue weighted by atomic mass is 32.1. The SMILES string of the molecule is CC(C)(C)c1nnc(NCCCN2CCCC2=O)s1. The second kappa shape index (κ2) is 5.86. The summed E-state index contributed by atoms with van der Waals surface area (Å²) in [6.45, 7) is 9.01. The van der Waals surface area contributed by atoms with E-state index in [-0.39, 0.29) is 5.41 Å². The smallest absolute Gasteiger partial charge is 0.222 e. The Balaban J connectivity index is 1.71. The molecule has 1 amide bonds. The fraction of sp³-hybridized carbons (Fsp3) is 0.769. The van der Waals surface area contributed by atoms with Gasteiger partial charge in [-0.2, -0.15) is 0 Å². The molecule has 2 heterocycles. The molecule has 19 heavy (non-hydrogen) atoms. The van der Waals surface area contributed by atoms with E-state index in [0.717, 1.165) is 49.0 Å². The summed E-state index contributed by atoms with van der Waals surface area (Å²) < 4.78 is 0. The highest BCUT2D eigenvalue weighted by Crippen LogP contribution is 2.27. The van der Waals surface area contributed by atoms with Crippen molar-refractivity contribution in [1.82, 2.24) is 15.1 Å². The number of likely N-dealkylation sites (tertiary alicyclic amines) is 1. The molecule has 1 N–H and O–H groups in total. The third-order valence-corrected chi connectivity index (χ3v) is 4.43. The Morgan fingerprint density at radius 3 is 2.74 bits per heavy atom. The van der Waals surface area contributed by atoms with E-state index in [1.807, 2.05) is 4.90 Å². The first-order chi connectivity index (χ1) is 8.97. The standard InChI is InChI=1S/C13H22N4OS/c1-13(2,3)11-15-16-12(19-11)14-7-5-9-17-8-4-6-10(17)18/h4-9H2,1-3H3,(H,14,16). The minimum absolute atomic E-state index is 0.0551. The van der Waals surface area contributed by atoms with Crippen LogP contribution in [-0.2, 0) is 10.2 Å². The van der Waals surface area contributed by atoms with Gasteiger partial charge in [0, 0.05) is 31.5 Å². The summed E-state index contributed by atoms with van der Waals surface area (Å²) in [6, 6.07) is 0. The van der Waals surface area contributed by atoms with Crippen LogP contribution in [0.15, 0.2) is 0 Å². The van der Waals surface area contributed by atoms with E-state index in [4.69, 9.17) is 0 Å². The zero-order valence-corrected chi connectivity index (χ0v) is 12.7. The predicted octanol–water partition coefficient (Wildman–Crippen LogP) is 2.26. The molecule has 1 aliphatic rings. The molecular formula is C13H22N4OS. The molecule has 1 aliphatic heterocycles. The number of amides is 1. The number of nitrogens with zero attached hydrogens (tertiary/aromatic N) is 3. The number of aromatic nitrogens is 2. The normalized spacial score (nSPS) is 16.2. The fourth-order valence-corrected chi connectivity index (χ4v) is 2.83. The zero-order chi connectivity index (χ0) is 13.9. The van der Waals surface area contributed by atoms with E-state index in [1.54, 1.807) is 11.3 Å². The van der Waals surface area contributed by atoms with Gasteiger partial charge in [-0.25, -0.2) is 0 Å². The van der Waals surface area contributed by atoms with Crippen molar-refractivity contribution in [2.24, 2.45) is 0 Å². The van der Waals surface area contributed by atoms with E-state index in [1.165, 1.54) is 0 Å². The molecule has 1 fully saturated rings. The Morgan fingerprint density at radius 1 is 1.37 bits per heavy atom. The Bertz CT molecular complexity index is 438. The Kier molecular flexibility index (Phi) is 4.39. The minimum atomic E-state index is 0.0551. The van der Waals surface area contributed by atoms with Crippen molar-refractivity contribution >= 4 is 22.4 Å². The number of carbonyl (C=O) groups excluding carboxylic acids is 1. The average molecular weight is 282 g/mol. The Hall–Kier alpha value is -1.17. The summed E-state index contributed by atoms with van der Waals surface area (Å²) in [5, 5.41) is 13.5. The third-order valence-electron chi connectivity index (χ3n) is 3.12. The predicted molar refractivity (Wildman–Crippen MR) is 77.5 cm³/mol. The second-order valence-corrected chi connectivity index (χ2v) is 6.90. The van der Waals surface area contributed by atoms with Gasteiger partial charge in [0.15, 0.2) is 0 Å². The maximum Gasteiger partial charge on any atom is 0.222 e. The van der Waals surface area contributed by atoms with Crippen LogP contribution in [0, 0.1) is 0 Å². The monoisotopic (exact) mass is 282 g/mol. The average Bonchev–Trinajstić information content (AvgIpc) is 2.93. The lowest BCUT2D eigenvalue weighted by molar-refractivity contribution is -0.127. The largest absolute Gasteiger partial charge is 0.360 e. The van der Waals surface area contributed by atoms with Gasteiger partial charge < -0.3 is 10.2 Å². The summed E-state index contributed by atoms with van der Waals surface area (Å²) in [5.74, 6) is 0.297. The summed E-state index contributed by atoms with van der Waals surface area (Å²) in [6.07, 6.45) is 2.69. The number of hydrogen-bond acceptors (Lipinski definition) is 5. The molecule has 0 spiro atoms. The van der Waals surface area contributed by atoms with Crippen LogP contribution in [0.25, 0.3) is 0 Å². The number of anilines is 1. The lowest BCUT2D eigenvalue weighted by Gasteiger charge is -2.15. The summed E-state index contributed by atoms with van der Waals surface area (Å²) >= 11 is 1.61. The maximum absolute atomic E-state index is 11.4. The Labute approximate surface area is 118 Å². The van der Waals surface area contributed by atoms with E-state index >= 15 is 0 Å². The van der Waals surface area contributed by atoms with Crippen molar-refractivity contribution in [2.45, 2.75) is 45.4 Å². The van der Waals surface area contributed by atoms with Crippen LogP contribution in [0.3, 0.4) is 0 Å². The summed E-state index contributed by atoms with van der Waals surface area (Å²) in [4.78, 5) is 13.4. The van der Waals surface area contributed by atoms with Crippen LogP contribution in [0.5, 0.6) is 0 Å². The number of hydrogen-bond donors (Lipinski definition) is 1. The van der Waals surface area contributed by atoms with Gasteiger partial charge in [-0.1, -0.05) is 32.1 Å². The second-order valence-electron chi connectivity index (χ2n) is 5.93. The van der Waals surface area contributed by atoms with Crippen LogP contribution in [0.1, 0.15) is 45.0 Å². The molecule has 0 atom stereocenters. The van der Waals surface area contributed by atoms with Gasteiger partial charge in [-0.05, 0) is 12.8 Å². The van der Waals surface area contributed by atoms with Crippen molar-refractivity contribution in [3.05, 3.63) is 5.01 Å². The van der Waals surface area contributed by atoms with Crippen LogP contribution in [0.4, 0.5) is 5.13 Å². The molecule has 1 aromatic rings. The van der Waals surface area contributed by atoms with Crippen molar-refractivity contribution in [2.75, 3.05) is 25.0 Å². The van der Waals surface area contributed by atoms with Gasteiger partial charge in [0.1, 0.15) is 5.01 Å². The zero-order valence-electron chi connectivity index (χ0n) is 11.9. The van der Waals surface area contributed by atoms with Crippen molar-refractivity contribution in [3.63, 3.8) is 0 Å². The molecule has 0 aliphatic carbocycles. The van der Waals surface area contributed by atoms with Crippen LogP contribution >= 0.6 is 11.3 Å². The third kappa shape index (κ3) is 3.89. The maximum atomic E-state index is 11.4. The van der Waals surface area contributed by atoms with Crippen molar-refractivity contribution in [1.29, 1.82) is 0 Å². The van der Waals surface area contributed by atoms with Crippen molar-refractivity contribution < 1.29 is 4.79 Å². The molecule has 1 saturated heterocycles. The highest BCUT2D eigenvalue weighted by molar-refractivity contribution is 7.15. The molecule has 5 nitrogen and oxygen atoms in total. The Morgan fingerprint density at radius 2 is 2.16 bits per heavy atom. The van der Waals surface area contributed by atoms with Gasteiger partial charge in [0.25, 0.3) is 0 Å². The first-order valence-electron chi connectivity index (χ1n) is 6.82. The number of rotatable bonds is 5. The highest BCUT2D eigenvalue weighted by Gasteiger charge is 2.20. The van der Waals surface area contributed by atoms with Gasteiger partial charge in [-0.3, -0.25) is 4.79 Å². The molecule has 6 heteroatoms. The summed E-state index contributed by atoms with van der Waals surface area (Å²) in [5.41, 5.74) is 0.0551. The van der Waals surface area contributed by atoms with Gasteiger partial charge in [0.05, 0.1) is 0 Å². The van der Waals surface area contributed by atoms with Gasteiger partial charge in [0.2, 0.25) is 11.0 Å². The first kappa shape index (κ1) is 14.2. The van der Waals surface area contributed by atoms with Crippen molar-refractivity contribution in [3.8, 4) is 0 Å². The van der Waals surface area contributed by atoms with Crippen LogP contribution < -0.4 is 5.32 Å². The van der Waals surface area contributed by atoms with E-state index < -0.39 is 0 Å². The van der Waals surface area contributed by atoms with Gasteiger partial charge in [-0.15, -0.1) is 10.2 Å². The van der Waals surface area contributed by atoms with E-state index in [2.05, 4.69) is 36.3 Å². The molecule has 0 saturated carbocycles. The molecule has 106 valence electrons. The fourth-order valence-electron chi connectivity index (χ4n) is 2.00. The van der Waals surface area contributed by atoms with Crippen LogP contribution in [-0.4, -0.2) is 40.6 Å². The summed E-state index contributed by atoms with van der Waals surface area (Å²) in [7, 11) is 0. The van der Waals surface area contributed by atoms with E-state index in [0.29, 0.717) is 5.91 Å². The first-order valence-corrected chi connectivity index (χ1v) is 7.64. The van der Waals surface area contributed by atoms with E-state index in [9.17, 15) is 4.79 Å². The van der Waals surface area contributed by atoms with Gasteiger partial charge >= 0.3 is 0 Å². The molecular weight excluding hydrogens is 260 g/mol.